The summed E-state index contributed by atoms with van der Waals surface area (Å²) in [7, 11) is 0. The summed E-state index contributed by atoms with van der Waals surface area (Å²) in [6, 6.07) is 28.7. The Labute approximate surface area is 220 Å². The molecular formula is C29H21F3N6O. The fraction of sp³-hybridized carbons (Fsp3) is 0.103. The molecule has 1 N–H and O–H groups in total. The second-order valence-electron chi connectivity index (χ2n) is 8.95. The Morgan fingerprint density at radius 3 is 2.21 bits per heavy atom. The number of nitrogens with zero attached hydrogens (tertiary/aromatic N) is 5. The summed E-state index contributed by atoms with van der Waals surface area (Å²) in [4.78, 5) is 0. The van der Waals surface area contributed by atoms with E-state index in [1.807, 2.05) is 78.9 Å². The standard InChI is InChI=1S/C29H21F3N6O/c30-29(31,32)25-8-4-7-24-26(25)35-38(17-19-5-2-1-3-6-19)27(24)21-13-15-23(16-14-21)39-18-20-9-11-22(12-10-20)28-33-36-37-34-28/h1-16H,17-18H2,(H,33,34,36,37). The molecule has 0 atom stereocenters. The first-order valence-electron chi connectivity index (χ1n) is 12.1. The zero-order chi connectivity index (χ0) is 26.8. The number of aromatic amines is 1. The van der Waals surface area contributed by atoms with Crippen LogP contribution in [0.1, 0.15) is 16.7 Å². The van der Waals surface area contributed by atoms with Crippen LogP contribution in [0.3, 0.4) is 0 Å². The topological polar surface area (TPSA) is 81.5 Å². The molecule has 0 saturated carbocycles. The highest BCUT2D eigenvalue weighted by atomic mass is 19.4. The highest BCUT2D eigenvalue weighted by Crippen LogP contribution is 2.38. The Morgan fingerprint density at radius 1 is 0.769 bits per heavy atom. The van der Waals surface area contributed by atoms with Crippen LogP contribution in [-0.2, 0) is 19.3 Å². The summed E-state index contributed by atoms with van der Waals surface area (Å²) in [5.74, 6) is 1.22. The zero-order valence-electron chi connectivity index (χ0n) is 20.4. The van der Waals surface area contributed by atoms with Gasteiger partial charge in [0.1, 0.15) is 17.9 Å². The number of benzene rings is 4. The number of hydrogen-bond donors (Lipinski definition) is 1. The maximum Gasteiger partial charge on any atom is 0.418 e. The summed E-state index contributed by atoms with van der Waals surface area (Å²) in [5.41, 5.74) is 3.29. The van der Waals surface area contributed by atoms with Gasteiger partial charge >= 0.3 is 6.18 Å². The van der Waals surface area contributed by atoms with E-state index in [0.717, 1.165) is 28.3 Å². The predicted molar refractivity (Wildman–Crippen MR) is 140 cm³/mol. The SMILES string of the molecule is FC(F)(F)c1cccc2c(-c3ccc(OCc4ccc(-c5nnn[nH]5)cc4)cc3)n(Cc3ccccc3)nc12. The normalized spacial score (nSPS) is 11.7. The molecule has 2 aromatic heterocycles. The molecule has 0 aliphatic carbocycles. The van der Waals surface area contributed by atoms with Gasteiger partial charge in [-0.05, 0) is 51.9 Å². The van der Waals surface area contributed by atoms with Crippen molar-refractivity contribution in [3.05, 3.63) is 114 Å². The molecule has 2 heterocycles. The zero-order valence-corrected chi connectivity index (χ0v) is 20.4. The van der Waals surface area contributed by atoms with Gasteiger partial charge in [-0.15, -0.1) is 5.10 Å². The first-order chi connectivity index (χ1) is 19.0. The van der Waals surface area contributed by atoms with E-state index in [1.165, 1.54) is 6.07 Å². The van der Waals surface area contributed by atoms with Gasteiger partial charge in [0.05, 0.1) is 17.8 Å². The molecule has 0 fully saturated rings. The first-order valence-corrected chi connectivity index (χ1v) is 12.1. The molecule has 0 saturated heterocycles. The second-order valence-corrected chi connectivity index (χ2v) is 8.95. The van der Waals surface area contributed by atoms with Gasteiger partial charge in [-0.25, -0.2) is 5.10 Å². The average molecular weight is 527 g/mol. The molecule has 0 unspecified atom stereocenters. The van der Waals surface area contributed by atoms with Crippen molar-refractivity contribution < 1.29 is 17.9 Å². The maximum atomic E-state index is 13.8. The lowest BCUT2D eigenvalue weighted by Crippen LogP contribution is -2.06. The summed E-state index contributed by atoms with van der Waals surface area (Å²) in [5, 5.41) is 18.6. The lowest BCUT2D eigenvalue weighted by Gasteiger charge is -2.11. The van der Waals surface area contributed by atoms with Crippen LogP contribution in [0.15, 0.2) is 97.1 Å². The molecule has 4 aromatic carbocycles. The van der Waals surface area contributed by atoms with E-state index in [4.69, 9.17) is 4.74 Å². The first kappa shape index (κ1) is 24.4. The number of halogens is 3. The van der Waals surface area contributed by atoms with Crippen LogP contribution in [0.2, 0.25) is 0 Å². The summed E-state index contributed by atoms with van der Waals surface area (Å²) < 4.78 is 48.9. The molecular weight excluding hydrogens is 505 g/mol. The maximum absolute atomic E-state index is 13.8. The summed E-state index contributed by atoms with van der Waals surface area (Å²) >= 11 is 0. The van der Waals surface area contributed by atoms with Gasteiger partial charge in [-0.3, -0.25) is 4.68 Å². The molecule has 0 radical (unpaired) electrons. The van der Waals surface area contributed by atoms with Crippen molar-refractivity contribution in [1.82, 2.24) is 30.4 Å². The number of nitrogens with one attached hydrogen (secondary N) is 1. The quantitative estimate of drug-likeness (QED) is 0.256. The van der Waals surface area contributed by atoms with Crippen molar-refractivity contribution >= 4 is 10.9 Å². The van der Waals surface area contributed by atoms with Gasteiger partial charge in [-0.2, -0.15) is 18.3 Å². The minimum atomic E-state index is -4.51. The van der Waals surface area contributed by atoms with Crippen molar-refractivity contribution in [3.8, 4) is 28.4 Å². The Bertz CT molecular complexity index is 1700. The summed E-state index contributed by atoms with van der Waals surface area (Å²) in [6.45, 7) is 0.679. The van der Waals surface area contributed by atoms with Gasteiger partial charge in [0.15, 0.2) is 5.82 Å². The van der Waals surface area contributed by atoms with Crippen LogP contribution in [0, 0.1) is 0 Å². The van der Waals surface area contributed by atoms with Crippen molar-refractivity contribution in [1.29, 1.82) is 0 Å². The van der Waals surface area contributed by atoms with E-state index in [-0.39, 0.29) is 5.52 Å². The van der Waals surface area contributed by atoms with Gasteiger partial charge in [-0.1, -0.05) is 66.7 Å². The number of hydrogen-bond acceptors (Lipinski definition) is 5. The lowest BCUT2D eigenvalue weighted by molar-refractivity contribution is -0.136. The molecule has 0 aliphatic heterocycles. The monoisotopic (exact) mass is 526 g/mol. The van der Waals surface area contributed by atoms with Crippen LogP contribution in [0.25, 0.3) is 33.5 Å². The Balaban J connectivity index is 1.28. The lowest BCUT2D eigenvalue weighted by atomic mass is 10.0. The molecule has 194 valence electrons. The van der Waals surface area contributed by atoms with Gasteiger partial charge in [0.2, 0.25) is 0 Å². The van der Waals surface area contributed by atoms with Crippen molar-refractivity contribution in [2.75, 3.05) is 0 Å². The fourth-order valence-corrected chi connectivity index (χ4v) is 4.47. The molecule has 7 nitrogen and oxygen atoms in total. The fourth-order valence-electron chi connectivity index (χ4n) is 4.47. The predicted octanol–water partition coefficient (Wildman–Crippen LogP) is 6.53. The van der Waals surface area contributed by atoms with Crippen molar-refractivity contribution in [2.45, 2.75) is 19.3 Å². The smallest absolute Gasteiger partial charge is 0.418 e. The van der Waals surface area contributed by atoms with Crippen LogP contribution in [-0.4, -0.2) is 30.4 Å². The van der Waals surface area contributed by atoms with Gasteiger partial charge < -0.3 is 4.74 Å². The van der Waals surface area contributed by atoms with E-state index in [1.54, 1.807) is 10.7 Å². The van der Waals surface area contributed by atoms with Crippen LogP contribution >= 0.6 is 0 Å². The van der Waals surface area contributed by atoms with E-state index < -0.39 is 11.7 Å². The number of ether oxygens (including phenoxy) is 1. The Morgan fingerprint density at radius 2 is 1.51 bits per heavy atom. The molecule has 0 spiro atoms. The minimum absolute atomic E-state index is 0.0687. The highest BCUT2D eigenvalue weighted by molar-refractivity contribution is 5.95. The van der Waals surface area contributed by atoms with Crippen LogP contribution < -0.4 is 4.74 Å². The average Bonchev–Trinajstić information content (AvgIpc) is 3.61. The minimum Gasteiger partial charge on any atom is -0.489 e. The van der Waals surface area contributed by atoms with E-state index in [9.17, 15) is 13.2 Å². The van der Waals surface area contributed by atoms with Gasteiger partial charge in [0.25, 0.3) is 0 Å². The van der Waals surface area contributed by atoms with E-state index in [2.05, 4.69) is 25.7 Å². The van der Waals surface area contributed by atoms with Crippen molar-refractivity contribution in [3.63, 3.8) is 0 Å². The molecule has 0 bridgehead atoms. The number of alkyl halides is 3. The molecule has 10 heteroatoms. The van der Waals surface area contributed by atoms with Crippen molar-refractivity contribution in [2.24, 2.45) is 0 Å². The largest absolute Gasteiger partial charge is 0.489 e. The Hall–Kier alpha value is -4.99. The molecule has 0 amide bonds. The molecule has 0 aliphatic rings. The second kappa shape index (κ2) is 10.1. The van der Waals surface area contributed by atoms with E-state index in [0.29, 0.717) is 35.8 Å². The third kappa shape index (κ3) is 5.08. The molecule has 6 rings (SSSR count). The number of aromatic nitrogens is 6. The van der Waals surface area contributed by atoms with Crippen LogP contribution in [0.5, 0.6) is 5.75 Å². The number of H-pyrrole nitrogens is 1. The highest BCUT2D eigenvalue weighted by Gasteiger charge is 2.34. The summed E-state index contributed by atoms with van der Waals surface area (Å²) in [6.07, 6.45) is -4.51. The van der Waals surface area contributed by atoms with Crippen LogP contribution in [0.4, 0.5) is 13.2 Å². The molecule has 6 aromatic rings. The van der Waals surface area contributed by atoms with Gasteiger partial charge in [0, 0.05) is 16.5 Å². The third-order valence-electron chi connectivity index (χ3n) is 6.36. The number of fused-ring (bicyclic) bond motifs is 1. The number of rotatable bonds is 7. The number of tetrazole rings is 1. The van der Waals surface area contributed by atoms with E-state index >= 15 is 0 Å². The molecule has 39 heavy (non-hydrogen) atoms. The third-order valence-corrected chi connectivity index (χ3v) is 6.36. The Kier molecular flexibility index (Phi) is 6.28.